The van der Waals surface area contributed by atoms with Crippen molar-refractivity contribution in [1.29, 1.82) is 0 Å². The van der Waals surface area contributed by atoms with E-state index in [1.807, 2.05) is 6.08 Å². The highest BCUT2D eigenvalue weighted by molar-refractivity contribution is 5.84. The predicted octanol–water partition coefficient (Wildman–Crippen LogP) is 6.12. The first-order valence-corrected chi connectivity index (χ1v) is 13.8. The van der Waals surface area contributed by atoms with E-state index in [2.05, 4.69) is 83.3 Å². The smallest absolute Gasteiger partial charge is 0.326 e. The van der Waals surface area contributed by atoms with Crippen molar-refractivity contribution >= 4 is 24.0 Å². The summed E-state index contributed by atoms with van der Waals surface area (Å²) in [6.07, 6.45) is 33.9. The summed E-state index contributed by atoms with van der Waals surface area (Å²) in [7, 11) is 0. The molecule has 0 aliphatic carbocycles. The minimum atomic E-state index is -1.10. The number of nitrogens with one attached hydrogen (secondary N) is 2. The molecule has 0 aromatic heterocycles. The summed E-state index contributed by atoms with van der Waals surface area (Å²) >= 11 is 0. The zero-order valence-electron chi connectivity index (χ0n) is 22.8. The van der Waals surface area contributed by atoms with Gasteiger partial charge in [0.1, 0.15) is 6.04 Å². The van der Waals surface area contributed by atoms with Gasteiger partial charge in [-0.2, -0.15) is 0 Å². The van der Waals surface area contributed by atoms with Crippen LogP contribution in [0.3, 0.4) is 0 Å². The molecule has 0 radical (unpaired) electrons. The first-order valence-electron chi connectivity index (χ1n) is 13.8. The molecule has 0 spiro atoms. The molecule has 208 valence electrons. The Morgan fingerprint density at radius 2 is 1.47 bits per heavy atom. The van der Waals surface area contributed by atoms with Crippen molar-refractivity contribution < 1.29 is 19.5 Å². The molecule has 0 fully saturated rings. The summed E-state index contributed by atoms with van der Waals surface area (Å²) in [5.74, 6) is -1.61. The van der Waals surface area contributed by atoms with E-state index in [0.29, 0.717) is 12.1 Å². The maximum absolute atomic E-state index is 12.1. The van der Waals surface area contributed by atoms with Crippen molar-refractivity contribution in [1.82, 2.24) is 10.6 Å². The van der Waals surface area contributed by atoms with Crippen molar-refractivity contribution in [2.24, 2.45) is 4.99 Å². The summed E-state index contributed by atoms with van der Waals surface area (Å²) < 4.78 is 0. The first-order chi connectivity index (χ1) is 18.5. The van der Waals surface area contributed by atoms with Crippen LogP contribution in [0, 0.1) is 0 Å². The van der Waals surface area contributed by atoms with Gasteiger partial charge in [-0.1, -0.05) is 73.8 Å². The maximum Gasteiger partial charge on any atom is 0.326 e. The second-order valence-electron chi connectivity index (χ2n) is 8.95. The van der Waals surface area contributed by atoms with E-state index in [9.17, 15) is 19.5 Å². The van der Waals surface area contributed by atoms with Gasteiger partial charge in [-0.15, -0.1) is 0 Å². The van der Waals surface area contributed by atoms with Gasteiger partial charge >= 0.3 is 5.97 Å². The van der Waals surface area contributed by atoms with Crippen molar-refractivity contribution in [2.45, 2.75) is 90.0 Å². The van der Waals surface area contributed by atoms with Gasteiger partial charge in [-0.05, 0) is 57.8 Å². The normalized spacial score (nSPS) is 14.7. The molecule has 38 heavy (non-hydrogen) atoms. The van der Waals surface area contributed by atoms with Crippen LogP contribution >= 0.6 is 0 Å². The Balaban J connectivity index is 2.06. The molecule has 0 aromatic carbocycles. The lowest BCUT2D eigenvalue weighted by Crippen LogP contribution is -2.42. The lowest BCUT2D eigenvalue weighted by Gasteiger charge is -2.16. The Morgan fingerprint density at radius 3 is 2.03 bits per heavy atom. The molecule has 1 heterocycles. The van der Waals surface area contributed by atoms with Gasteiger partial charge in [0.25, 0.3) is 0 Å². The molecule has 1 rings (SSSR count). The Kier molecular flexibility index (Phi) is 19.4. The van der Waals surface area contributed by atoms with E-state index in [1.165, 1.54) is 0 Å². The second kappa shape index (κ2) is 22.7. The Hall–Kier alpha value is -3.48. The number of nitrogens with zero attached hydrogens (tertiary/aromatic N) is 1. The zero-order chi connectivity index (χ0) is 27.7. The van der Waals surface area contributed by atoms with E-state index in [0.717, 1.165) is 57.8 Å². The van der Waals surface area contributed by atoms with Crippen LogP contribution in [0.25, 0.3) is 0 Å². The number of aliphatic carboxylic acids is 1. The number of amides is 2. The fourth-order valence-corrected chi connectivity index (χ4v) is 3.52. The summed E-state index contributed by atoms with van der Waals surface area (Å²) in [5.41, 5.74) is 0.671. The number of hydrogen-bond donors (Lipinski definition) is 3. The average molecular weight is 524 g/mol. The van der Waals surface area contributed by atoms with Crippen molar-refractivity contribution in [3.05, 3.63) is 72.5 Å². The second-order valence-corrected chi connectivity index (χ2v) is 8.95. The monoisotopic (exact) mass is 523 g/mol. The quantitative estimate of drug-likeness (QED) is 0.132. The van der Waals surface area contributed by atoms with Crippen molar-refractivity contribution in [3.8, 4) is 0 Å². The SMILES string of the molecule is CCC=CCC=CCC=CCC=CCC=CCCCC(=O)NCCC(=O)NC(CC1=CCCC=N1)C(=O)O. The summed E-state index contributed by atoms with van der Waals surface area (Å²) in [6.45, 7) is 2.32. The maximum atomic E-state index is 12.1. The Morgan fingerprint density at radius 1 is 0.868 bits per heavy atom. The number of aliphatic imine (C=N–C) groups is 1. The highest BCUT2D eigenvalue weighted by Gasteiger charge is 2.21. The van der Waals surface area contributed by atoms with Gasteiger partial charge in [0.05, 0.1) is 0 Å². The van der Waals surface area contributed by atoms with Gasteiger partial charge in [-0.25, -0.2) is 4.79 Å². The highest BCUT2D eigenvalue weighted by atomic mass is 16.4. The number of carbonyl (C=O) groups excluding carboxylic acids is 2. The fourth-order valence-electron chi connectivity index (χ4n) is 3.52. The molecule has 3 N–H and O–H groups in total. The van der Waals surface area contributed by atoms with Gasteiger partial charge in [0, 0.05) is 37.7 Å². The van der Waals surface area contributed by atoms with E-state index >= 15 is 0 Å². The predicted molar refractivity (Wildman–Crippen MR) is 156 cm³/mol. The zero-order valence-corrected chi connectivity index (χ0v) is 22.8. The lowest BCUT2D eigenvalue weighted by molar-refractivity contribution is -0.141. The molecule has 1 atom stereocenters. The van der Waals surface area contributed by atoms with Gasteiger partial charge in [-0.3, -0.25) is 14.6 Å². The molecule has 0 aromatic rings. The number of carboxylic acids is 1. The molecule has 7 heteroatoms. The van der Waals surface area contributed by atoms with E-state index in [4.69, 9.17) is 0 Å². The third-order valence-electron chi connectivity index (χ3n) is 5.59. The summed E-state index contributed by atoms with van der Waals surface area (Å²) in [6, 6.07) is -1.02. The molecule has 0 saturated carbocycles. The van der Waals surface area contributed by atoms with Crippen LogP contribution in [0.15, 0.2) is 77.5 Å². The lowest BCUT2D eigenvalue weighted by atomic mass is 10.1. The minimum Gasteiger partial charge on any atom is -0.480 e. The van der Waals surface area contributed by atoms with Gasteiger partial charge in [0.15, 0.2) is 0 Å². The van der Waals surface area contributed by atoms with Gasteiger partial charge in [0.2, 0.25) is 11.8 Å². The Labute approximate surface area is 228 Å². The summed E-state index contributed by atoms with van der Waals surface area (Å²) in [5, 5.41) is 14.6. The van der Waals surface area contributed by atoms with Crippen LogP contribution in [0.2, 0.25) is 0 Å². The molecule has 1 aliphatic rings. The minimum absolute atomic E-state index is 0.0343. The van der Waals surface area contributed by atoms with Crippen LogP contribution in [0.4, 0.5) is 0 Å². The third-order valence-corrected chi connectivity index (χ3v) is 5.59. The van der Waals surface area contributed by atoms with E-state index in [1.54, 1.807) is 6.21 Å². The van der Waals surface area contributed by atoms with E-state index in [-0.39, 0.29) is 25.3 Å². The summed E-state index contributed by atoms with van der Waals surface area (Å²) in [4.78, 5) is 39.7. The molecule has 7 nitrogen and oxygen atoms in total. The first kappa shape index (κ1) is 32.5. The average Bonchev–Trinajstić information content (AvgIpc) is 2.90. The fraction of sp³-hybridized carbons (Fsp3) is 0.484. The van der Waals surface area contributed by atoms with Crippen molar-refractivity contribution in [3.63, 3.8) is 0 Å². The van der Waals surface area contributed by atoms with Crippen LogP contribution in [0.5, 0.6) is 0 Å². The number of carboxylic acid groups (broad SMARTS) is 1. The number of rotatable bonds is 20. The number of carbonyl (C=O) groups is 3. The molecular formula is C31H45N3O4. The van der Waals surface area contributed by atoms with Crippen LogP contribution < -0.4 is 10.6 Å². The molecule has 1 unspecified atom stereocenters. The Bertz CT molecular complexity index is 910. The van der Waals surface area contributed by atoms with E-state index < -0.39 is 17.9 Å². The van der Waals surface area contributed by atoms with Crippen LogP contribution in [-0.2, 0) is 14.4 Å². The third kappa shape index (κ3) is 18.7. The number of unbranched alkanes of at least 4 members (excludes halogenated alkanes) is 1. The van der Waals surface area contributed by atoms with Crippen LogP contribution in [-0.4, -0.2) is 41.7 Å². The molecular weight excluding hydrogens is 478 g/mol. The molecule has 0 saturated heterocycles. The van der Waals surface area contributed by atoms with Gasteiger partial charge < -0.3 is 15.7 Å². The largest absolute Gasteiger partial charge is 0.480 e. The van der Waals surface area contributed by atoms with Crippen LogP contribution in [0.1, 0.15) is 84.0 Å². The standard InChI is InChI=1S/C31H45N3O4/c1-2-3-4-5-6-7-8-9-10-11-12-13-14-15-16-17-18-22-29(35)33-25-23-30(36)34-28(31(37)38)26-27-21-19-20-24-32-27/h3-4,6-7,9-10,12-13,15-16,21,24,28H,2,5,8,11,14,17-20,22-23,25-26H2,1H3,(H,33,35)(H,34,36)(H,37,38). The highest BCUT2D eigenvalue weighted by Crippen LogP contribution is 2.13. The number of hydrogen-bond acceptors (Lipinski definition) is 4. The number of allylic oxidation sites excluding steroid dienone is 11. The molecule has 2 amide bonds. The molecule has 0 bridgehead atoms. The molecule has 1 aliphatic heterocycles. The van der Waals surface area contributed by atoms with Crippen molar-refractivity contribution in [2.75, 3.05) is 6.54 Å². The topological polar surface area (TPSA) is 108 Å².